The molecular weight excluding hydrogens is 373 g/mol. The topological polar surface area (TPSA) is 147 Å². The number of nitrogens with zero attached hydrogens (tertiary/aromatic N) is 2. The van der Waals surface area contributed by atoms with Gasteiger partial charge in [0.2, 0.25) is 12.1 Å². The molecule has 0 bridgehead atoms. The maximum Gasteiger partial charge on any atom is 0.510 e. The summed E-state index contributed by atoms with van der Waals surface area (Å²) < 4.78 is 22.4. The predicted molar refractivity (Wildman–Crippen MR) is 101 cm³/mol. The summed E-state index contributed by atoms with van der Waals surface area (Å²) in [4.78, 5) is 23.7. The van der Waals surface area contributed by atoms with E-state index < -0.39 is 8.03 Å². The van der Waals surface area contributed by atoms with Gasteiger partial charge in [-0.1, -0.05) is 0 Å². The third kappa shape index (κ3) is 4.72. The zero-order chi connectivity index (χ0) is 19.4. The highest BCUT2D eigenvalue weighted by atomic mass is 31.1. The average Bonchev–Trinajstić information content (AvgIpc) is 3.20. The van der Waals surface area contributed by atoms with Crippen LogP contribution in [0, 0.1) is 5.92 Å². The highest BCUT2D eigenvalue weighted by molar-refractivity contribution is 7.39. The van der Waals surface area contributed by atoms with Crippen molar-refractivity contribution in [1.29, 1.82) is 0 Å². The molecule has 3 heterocycles. The molecule has 148 valence electrons. The van der Waals surface area contributed by atoms with E-state index in [0.29, 0.717) is 50.0 Å². The summed E-state index contributed by atoms with van der Waals surface area (Å²) in [5.74, 6) is 0.0502. The number of H-pyrrole nitrogens is 2. The Morgan fingerprint density at radius 2 is 2.30 bits per heavy atom. The molecule has 1 aliphatic rings. The number of likely N-dealkylation sites (tertiary alicyclic amines) is 1. The Kier molecular flexibility index (Phi) is 6.56. The highest BCUT2D eigenvalue weighted by Crippen LogP contribution is 2.25. The highest BCUT2D eigenvalue weighted by Gasteiger charge is 2.34. The second-order valence-corrected chi connectivity index (χ2v) is 7.88. The zero-order valence-corrected chi connectivity index (χ0v) is 16.1. The van der Waals surface area contributed by atoms with Crippen molar-refractivity contribution in [3.63, 3.8) is 0 Å². The average molecular weight is 398 g/mol. The lowest BCUT2D eigenvalue weighted by molar-refractivity contribution is 0.0264. The van der Waals surface area contributed by atoms with Crippen molar-refractivity contribution in [2.45, 2.75) is 19.6 Å². The van der Waals surface area contributed by atoms with Crippen molar-refractivity contribution in [1.82, 2.24) is 19.9 Å². The van der Waals surface area contributed by atoms with Crippen molar-refractivity contribution < 1.29 is 18.9 Å². The number of aliphatic hydroxyl groups is 1. The van der Waals surface area contributed by atoms with E-state index in [1.54, 1.807) is 13.1 Å². The fraction of sp³-hybridized carbons (Fsp3) is 0.625. The van der Waals surface area contributed by atoms with Crippen LogP contribution in [0.3, 0.4) is 0 Å². The molecule has 0 spiro atoms. The molecule has 2 aromatic heterocycles. The molecule has 0 aliphatic carbocycles. The first kappa shape index (κ1) is 19.9. The van der Waals surface area contributed by atoms with Gasteiger partial charge in [0.1, 0.15) is 11.0 Å². The van der Waals surface area contributed by atoms with Crippen LogP contribution in [0.4, 0.5) is 5.95 Å². The zero-order valence-electron chi connectivity index (χ0n) is 15.2. The summed E-state index contributed by atoms with van der Waals surface area (Å²) in [5.41, 5.74) is 7.15. The molecule has 0 aromatic carbocycles. The van der Waals surface area contributed by atoms with Gasteiger partial charge in [-0.15, -0.1) is 4.52 Å². The Balaban J connectivity index is 1.62. The number of aliphatic hydroxyl groups excluding tert-OH is 1. The van der Waals surface area contributed by atoms with Gasteiger partial charge < -0.3 is 20.6 Å². The lowest BCUT2D eigenvalue weighted by Gasteiger charge is -2.15. The third-order valence-electron chi connectivity index (χ3n) is 4.60. The van der Waals surface area contributed by atoms with Crippen LogP contribution in [0.25, 0.3) is 11.0 Å². The number of anilines is 1. The van der Waals surface area contributed by atoms with Crippen LogP contribution in [0.2, 0.25) is 0 Å². The SMILES string of the molecule is CCO[P+](=O)CCOC1CN(Cc2c[nH]c3c(=O)[nH]c(N)nc23)CC1CO. The van der Waals surface area contributed by atoms with Crippen molar-refractivity contribution in [2.24, 2.45) is 5.92 Å². The summed E-state index contributed by atoms with van der Waals surface area (Å²) in [6, 6.07) is 0. The fourth-order valence-electron chi connectivity index (χ4n) is 3.35. The van der Waals surface area contributed by atoms with Crippen LogP contribution in [0.5, 0.6) is 0 Å². The van der Waals surface area contributed by atoms with E-state index >= 15 is 0 Å². The van der Waals surface area contributed by atoms with Crippen molar-refractivity contribution in [3.8, 4) is 0 Å². The molecule has 5 N–H and O–H groups in total. The number of fused-ring (bicyclic) bond motifs is 1. The van der Waals surface area contributed by atoms with E-state index in [1.807, 2.05) is 0 Å². The number of hydrogen-bond acceptors (Lipinski definition) is 8. The predicted octanol–water partition coefficient (Wildman–Crippen LogP) is 0.422. The van der Waals surface area contributed by atoms with Gasteiger partial charge >= 0.3 is 8.03 Å². The smallest absolute Gasteiger partial charge is 0.396 e. The second kappa shape index (κ2) is 8.90. The minimum atomic E-state index is -1.70. The molecule has 0 saturated carbocycles. The van der Waals surface area contributed by atoms with Gasteiger partial charge in [0, 0.05) is 43.9 Å². The molecule has 3 rings (SSSR count). The first-order chi connectivity index (χ1) is 13.0. The van der Waals surface area contributed by atoms with E-state index in [1.165, 1.54) is 0 Å². The molecule has 0 radical (unpaired) electrons. The molecule has 27 heavy (non-hydrogen) atoms. The van der Waals surface area contributed by atoms with Gasteiger partial charge in [-0.05, 0) is 11.5 Å². The molecule has 2 aromatic rings. The molecule has 3 atom stereocenters. The summed E-state index contributed by atoms with van der Waals surface area (Å²) >= 11 is 0. The third-order valence-corrected chi connectivity index (χ3v) is 5.69. The monoisotopic (exact) mass is 398 g/mol. The fourth-order valence-corrected chi connectivity index (χ4v) is 4.03. The van der Waals surface area contributed by atoms with Gasteiger partial charge in [0.05, 0.1) is 19.3 Å². The molecule has 1 aliphatic heterocycles. The maximum atomic E-state index is 11.9. The lowest BCUT2D eigenvalue weighted by atomic mass is 10.1. The molecule has 1 saturated heterocycles. The van der Waals surface area contributed by atoms with E-state index in [4.69, 9.17) is 15.0 Å². The van der Waals surface area contributed by atoms with Crippen LogP contribution in [0.1, 0.15) is 12.5 Å². The summed E-state index contributed by atoms with van der Waals surface area (Å²) in [5, 5.41) is 9.65. The Hall–Kier alpha value is -1.84. The molecule has 3 unspecified atom stereocenters. The second-order valence-electron chi connectivity index (χ2n) is 6.51. The van der Waals surface area contributed by atoms with Crippen molar-refractivity contribution in [2.75, 3.05) is 44.8 Å². The van der Waals surface area contributed by atoms with Gasteiger partial charge in [0.15, 0.2) is 0 Å². The van der Waals surface area contributed by atoms with Gasteiger partial charge in [0.25, 0.3) is 5.56 Å². The number of nitrogen functional groups attached to an aromatic ring is 1. The first-order valence-corrected chi connectivity index (χ1v) is 10.3. The minimum absolute atomic E-state index is 0.0114. The van der Waals surface area contributed by atoms with Crippen LogP contribution in [-0.2, 0) is 20.4 Å². The molecular formula is C16H25N5O5P+. The number of aromatic nitrogens is 3. The number of rotatable bonds is 9. The largest absolute Gasteiger partial charge is 0.510 e. The number of nitrogens with one attached hydrogen (secondary N) is 2. The minimum Gasteiger partial charge on any atom is -0.396 e. The van der Waals surface area contributed by atoms with E-state index in [9.17, 15) is 14.5 Å². The maximum absolute atomic E-state index is 11.9. The number of ether oxygens (including phenoxy) is 1. The Labute approximate surface area is 156 Å². The summed E-state index contributed by atoms with van der Waals surface area (Å²) in [7, 11) is -1.70. The molecule has 10 nitrogen and oxygen atoms in total. The van der Waals surface area contributed by atoms with E-state index in [0.717, 1.165) is 5.56 Å². The number of nitrogens with two attached hydrogens (primary N) is 1. The molecule has 11 heteroatoms. The summed E-state index contributed by atoms with van der Waals surface area (Å²) in [6.07, 6.45) is 1.94. The standard InChI is InChI=1S/C16H24N5O5P/c1-2-26-27(24)4-3-25-12-8-21(7-11(12)9-22)6-10-5-18-14-13(10)19-16(17)20-15(14)23/h5,11-12,22H,2-4,6-9H2,1H3,(H3-,17,18,19,20,23)/p+1. The van der Waals surface area contributed by atoms with Crippen LogP contribution >= 0.6 is 8.03 Å². The number of hydrogen-bond donors (Lipinski definition) is 4. The Morgan fingerprint density at radius 3 is 3.04 bits per heavy atom. The first-order valence-electron chi connectivity index (χ1n) is 8.90. The van der Waals surface area contributed by atoms with Gasteiger partial charge in [-0.2, -0.15) is 0 Å². The van der Waals surface area contributed by atoms with Crippen LogP contribution < -0.4 is 11.3 Å². The van der Waals surface area contributed by atoms with Crippen LogP contribution in [-0.4, -0.2) is 70.1 Å². The van der Waals surface area contributed by atoms with Gasteiger partial charge in [-0.3, -0.25) is 14.7 Å². The normalized spacial score (nSPS) is 21.2. The van der Waals surface area contributed by atoms with E-state index in [-0.39, 0.29) is 30.1 Å². The van der Waals surface area contributed by atoms with Crippen molar-refractivity contribution in [3.05, 3.63) is 22.1 Å². The van der Waals surface area contributed by atoms with E-state index in [2.05, 4.69) is 19.9 Å². The quantitative estimate of drug-likeness (QED) is 0.445. The van der Waals surface area contributed by atoms with Crippen LogP contribution in [0.15, 0.2) is 11.0 Å². The van der Waals surface area contributed by atoms with Gasteiger partial charge in [-0.25, -0.2) is 4.98 Å². The molecule has 1 fully saturated rings. The molecule has 0 amide bonds. The summed E-state index contributed by atoms with van der Waals surface area (Å²) in [6.45, 7) is 4.39. The Morgan fingerprint density at radius 1 is 1.48 bits per heavy atom. The lowest BCUT2D eigenvalue weighted by Crippen LogP contribution is -2.26. The number of aromatic amines is 2. The van der Waals surface area contributed by atoms with Crippen molar-refractivity contribution >= 4 is 25.0 Å². The Bertz CT molecular complexity index is 853.